The molecule has 1 atom stereocenters. The van der Waals surface area contributed by atoms with Gasteiger partial charge in [-0.1, -0.05) is 5.57 Å². The standard InChI is InChI=1S/C9H23N5/c1-7(2)8(6-10-3)9(11-4)13-14-12-5/h9-14H,6H2,1-5H3. The molecule has 5 N–H and O–H groups in total. The lowest BCUT2D eigenvalue weighted by Crippen LogP contribution is -2.54. The van der Waals surface area contributed by atoms with Crippen LogP contribution in [0.3, 0.4) is 0 Å². The molecule has 0 saturated heterocycles. The summed E-state index contributed by atoms with van der Waals surface area (Å²) in [5.41, 5.74) is 11.4. The van der Waals surface area contributed by atoms with Crippen molar-refractivity contribution >= 4 is 0 Å². The van der Waals surface area contributed by atoms with Gasteiger partial charge in [0.2, 0.25) is 0 Å². The van der Waals surface area contributed by atoms with E-state index >= 15 is 0 Å². The van der Waals surface area contributed by atoms with Crippen molar-refractivity contribution in [3.63, 3.8) is 0 Å². The Morgan fingerprint density at radius 2 is 1.79 bits per heavy atom. The topological polar surface area (TPSA) is 60.1 Å². The van der Waals surface area contributed by atoms with Gasteiger partial charge in [-0.2, -0.15) is 5.53 Å². The zero-order valence-corrected chi connectivity index (χ0v) is 9.78. The molecule has 0 heterocycles. The fourth-order valence-electron chi connectivity index (χ4n) is 1.24. The molecule has 1 unspecified atom stereocenters. The van der Waals surface area contributed by atoms with Crippen molar-refractivity contribution in [3.05, 3.63) is 11.1 Å². The van der Waals surface area contributed by atoms with Gasteiger partial charge in [0.1, 0.15) is 0 Å². The first-order valence-corrected chi connectivity index (χ1v) is 4.82. The first-order valence-electron chi connectivity index (χ1n) is 4.82. The number of hydrogen-bond acceptors (Lipinski definition) is 5. The molecule has 0 aliphatic heterocycles. The fraction of sp³-hybridized carbons (Fsp3) is 0.778. The summed E-state index contributed by atoms with van der Waals surface area (Å²) in [5.74, 6) is 0. The third kappa shape index (κ3) is 4.69. The Hall–Kier alpha value is -0.460. The second-order valence-corrected chi connectivity index (χ2v) is 3.30. The lowest BCUT2D eigenvalue weighted by Gasteiger charge is -2.23. The van der Waals surface area contributed by atoms with Gasteiger partial charge in [-0.05, 0) is 40.6 Å². The zero-order valence-electron chi connectivity index (χ0n) is 9.78. The van der Waals surface area contributed by atoms with Crippen LogP contribution in [0.1, 0.15) is 13.8 Å². The molecule has 0 amide bonds. The molecule has 0 saturated carbocycles. The third-order valence-corrected chi connectivity index (χ3v) is 1.99. The quantitative estimate of drug-likeness (QED) is 0.215. The van der Waals surface area contributed by atoms with Gasteiger partial charge in [0.25, 0.3) is 0 Å². The van der Waals surface area contributed by atoms with Crippen LogP contribution >= 0.6 is 0 Å². The average molecular weight is 201 g/mol. The van der Waals surface area contributed by atoms with E-state index in [4.69, 9.17) is 0 Å². The molecule has 0 radical (unpaired) electrons. The molecule has 5 nitrogen and oxygen atoms in total. The molecule has 0 bridgehead atoms. The van der Waals surface area contributed by atoms with Crippen molar-refractivity contribution in [3.8, 4) is 0 Å². The Bertz CT molecular complexity index is 174. The number of nitrogens with one attached hydrogen (secondary N) is 5. The molecule has 0 aliphatic carbocycles. The Morgan fingerprint density at radius 1 is 1.14 bits per heavy atom. The van der Waals surface area contributed by atoms with Crippen LogP contribution in [0.25, 0.3) is 0 Å². The van der Waals surface area contributed by atoms with Crippen LogP contribution in [0.15, 0.2) is 11.1 Å². The highest BCUT2D eigenvalue weighted by molar-refractivity contribution is 5.17. The van der Waals surface area contributed by atoms with E-state index in [-0.39, 0.29) is 6.17 Å². The van der Waals surface area contributed by atoms with Gasteiger partial charge in [-0.25, -0.2) is 10.9 Å². The Morgan fingerprint density at radius 3 is 2.14 bits per heavy atom. The third-order valence-electron chi connectivity index (χ3n) is 1.99. The molecule has 0 aromatic rings. The average Bonchev–Trinajstić information content (AvgIpc) is 2.17. The fourth-order valence-corrected chi connectivity index (χ4v) is 1.24. The van der Waals surface area contributed by atoms with Crippen molar-refractivity contribution in [2.45, 2.75) is 20.0 Å². The van der Waals surface area contributed by atoms with Crippen molar-refractivity contribution < 1.29 is 0 Å². The highest BCUT2D eigenvalue weighted by atomic mass is 15.6. The van der Waals surface area contributed by atoms with Crippen molar-refractivity contribution in [1.29, 1.82) is 0 Å². The van der Waals surface area contributed by atoms with Crippen LogP contribution in [0.2, 0.25) is 0 Å². The predicted molar refractivity (Wildman–Crippen MR) is 60.5 cm³/mol. The van der Waals surface area contributed by atoms with Gasteiger partial charge < -0.3 is 10.6 Å². The molecule has 0 aliphatic rings. The molecule has 0 aromatic heterocycles. The lowest BCUT2D eigenvalue weighted by atomic mass is 10.1. The molecule has 0 rings (SSSR count). The molecule has 5 heteroatoms. The van der Waals surface area contributed by atoms with Crippen molar-refractivity contribution in [2.24, 2.45) is 0 Å². The van der Waals surface area contributed by atoms with E-state index in [1.54, 1.807) is 0 Å². The minimum absolute atomic E-state index is 0.125. The lowest BCUT2D eigenvalue weighted by molar-refractivity contribution is 0.384. The minimum atomic E-state index is 0.125. The summed E-state index contributed by atoms with van der Waals surface area (Å²) in [5, 5.41) is 6.35. The molecule has 0 fully saturated rings. The summed E-state index contributed by atoms with van der Waals surface area (Å²) in [6.45, 7) is 5.09. The van der Waals surface area contributed by atoms with Crippen LogP contribution in [0.5, 0.6) is 0 Å². The highest BCUT2D eigenvalue weighted by Crippen LogP contribution is 2.04. The maximum absolute atomic E-state index is 3.19. The smallest absolute Gasteiger partial charge is 0.0948 e. The number of likely N-dealkylation sites (N-methyl/N-ethyl adjacent to an activating group) is 2. The van der Waals surface area contributed by atoms with Gasteiger partial charge in [-0.3, -0.25) is 0 Å². The Balaban J connectivity index is 4.35. The first-order chi connectivity index (χ1) is 6.67. The monoisotopic (exact) mass is 201 g/mol. The molecule has 0 spiro atoms. The van der Waals surface area contributed by atoms with Gasteiger partial charge in [-0.15, -0.1) is 0 Å². The molecule has 0 aromatic carbocycles. The van der Waals surface area contributed by atoms with E-state index in [1.807, 2.05) is 21.1 Å². The number of hydrazine groups is 2. The molecular weight excluding hydrogens is 178 g/mol. The number of allylic oxidation sites excluding steroid dienone is 1. The maximum atomic E-state index is 3.19. The Labute approximate surface area is 86.7 Å². The summed E-state index contributed by atoms with van der Waals surface area (Å²) in [4.78, 5) is 0. The van der Waals surface area contributed by atoms with Crippen molar-refractivity contribution in [1.82, 2.24) is 27.0 Å². The van der Waals surface area contributed by atoms with E-state index in [1.165, 1.54) is 11.1 Å². The van der Waals surface area contributed by atoms with E-state index in [0.29, 0.717) is 0 Å². The summed E-state index contributed by atoms with van der Waals surface area (Å²) in [7, 11) is 5.69. The highest BCUT2D eigenvalue weighted by Gasteiger charge is 2.11. The normalized spacial score (nSPS) is 12.6. The van der Waals surface area contributed by atoms with Gasteiger partial charge in [0.05, 0.1) is 6.17 Å². The van der Waals surface area contributed by atoms with E-state index < -0.39 is 0 Å². The van der Waals surface area contributed by atoms with Crippen LogP contribution in [-0.4, -0.2) is 33.9 Å². The number of rotatable bonds is 7. The van der Waals surface area contributed by atoms with E-state index in [2.05, 4.69) is 40.9 Å². The molecular formula is C9H23N5. The van der Waals surface area contributed by atoms with E-state index in [0.717, 1.165) is 6.54 Å². The first kappa shape index (κ1) is 13.5. The van der Waals surface area contributed by atoms with Gasteiger partial charge in [0.15, 0.2) is 0 Å². The van der Waals surface area contributed by atoms with Gasteiger partial charge in [0, 0.05) is 6.54 Å². The van der Waals surface area contributed by atoms with Crippen LogP contribution in [0.4, 0.5) is 0 Å². The summed E-state index contributed by atoms with van der Waals surface area (Å²) in [6.07, 6.45) is 0.125. The van der Waals surface area contributed by atoms with E-state index in [9.17, 15) is 0 Å². The predicted octanol–water partition coefficient (Wildman–Crippen LogP) is -0.684. The second-order valence-electron chi connectivity index (χ2n) is 3.30. The minimum Gasteiger partial charge on any atom is -0.316 e. The molecule has 84 valence electrons. The second kappa shape index (κ2) is 7.90. The zero-order chi connectivity index (χ0) is 11.0. The van der Waals surface area contributed by atoms with Crippen LogP contribution in [-0.2, 0) is 0 Å². The summed E-state index contributed by atoms with van der Waals surface area (Å²) in [6, 6.07) is 0. The maximum Gasteiger partial charge on any atom is 0.0948 e. The van der Waals surface area contributed by atoms with Crippen molar-refractivity contribution in [2.75, 3.05) is 27.7 Å². The molecule has 14 heavy (non-hydrogen) atoms. The van der Waals surface area contributed by atoms with Crippen LogP contribution < -0.4 is 27.0 Å². The largest absolute Gasteiger partial charge is 0.316 e. The van der Waals surface area contributed by atoms with Crippen LogP contribution in [0, 0.1) is 0 Å². The number of hydrogen-bond donors (Lipinski definition) is 5. The SMILES string of the molecule is CNCC(=C(C)C)C(NC)NNNC. The summed E-state index contributed by atoms with van der Waals surface area (Å²) >= 11 is 0. The Kier molecular flexibility index (Phi) is 7.64. The van der Waals surface area contributed by atoms with Gasteiger partial charge >= 0.3 is 0 Å². The summed E-state index contributed by atoms with van der Waals surface area (Å²) < 4.78 is 0.